The number of benzene rings is 1. The maximum Gasteiger partial charge on any atom is 0.326 e. The Morgan fingerprint density at radius 1 is 1.47 bits per heavy atom. The zero-order chi connectivity index (χ0) is 14.6. The molecule has 104 valence electrons. The minimum atomic E-state index is -1.11. The number of rotatable bonds is 5. The predicted molar refractivity (Wildman–Crippen MR) is 69.8 cm³/mol. The molecule has 0 saturated carbocycles. The van der Waals surface area contributed by atoms with Gasteiger partial charge in [-0.25, -0.2) is 9.18 Å². The molecule has 0 aromatic heterocycles. The molecule has 1 amide bonds. The quantitative estimate of drug-likeness (QED) is 0.875. The highest BCUT2D eigenvalue weighted by Gasteiger charge is 2.26. The van der Waals surface area contributed by atoms with Crippen LogP contribution in [0.5, 0.6) is 0 Å². The van der Waals surface area contributed by atoms with Crippen LogP contribution in [0.1, 0.15) is 30.6 Å². The maximum atomic E-state index is 12.9. The standard InChI is InChI=1S/C13H15ClFNO3/c1-3-7(2)11(13(18)19)16-12(17)9-5-4-8(15)6-10(9)14/h4-7,11H,3H2,1-2H3,(H,16,17)(H,18,19). The van der Waals surface area contributed by atoms with Crippen molar-refractivity contribution in [1.82, 2.24) is 5.32 Å². The summed E-state index contributed by atoms with van der Waals surface area (Å²) in [5.41, 5.74) is 0.0534. The number of hydrogen-bond acceptors (Lipinski definition) is 2. The van der Waals surface area contributed by atoms with E-state index in [4.69, 9.17) is 16.7 Å². The normalized spacial score (nSPS) is 13.7. The van der Waals surface area contributed by atoms with E-state index < -0.39 is 23.7 Å². The highest BCUT2D eigenvalue weighted by molar-refractivity contribution is 6.33. The first-order chi connectivity index (χ1) is 8.86. The van der Waals surface area contributed by atoms with Crippen molar-refractivity contribution in [3.8, 4) is 0 Å². The largest absolute Gasteiger partial charge is 0.480 e. The Morgan fingerprint density at radius 3 is 2.58 bits per heavy atom. The molecule has 0 fully saturated rings. The van der Waals surface area contributed by atoms with Crippen LogP contribution in [0.4, 0.5) is 4.39 Å². The second-order valence-electron chi connectivity index (χ2n) is 4.30. The fourth-order valence-corrected chi connectivity index (χ4v) is 1.83. The molecular weight excluding hydrogens is 273 g/mol. The summed E-state index contributed by atoms with van der Waals surface area (Å²) in [5, 5.41) is 11.4. The maximum absolute atomic E-state index is 12.9. The van der Waals surface area contributed by atoms with Crippen LogP contribution in [-0.2, 0) is 4.79 Å². The summed E-state index contributed by atoms with van der Waals surface area (Å²) in [4.78, 5) is 23.0. The highest BCUT2D eigenvalue weighted by Crippen LogP contribution is 2.18. The molecule has 19 heavy (non-hydrogen) atoms. The van der Waals surface area contributed by atoms with E-state index in [0.29, 0.717) is 6.42 Å². The topological polar surface area (TPSA) is 66.4 Å². The summed E-state index contributed by atoms with van der Waals surface area (Å²) in [7, 11) is 0. The van der Waals surface area contributed by atoms with Gasteiger partial charge in [-0.2, -0.15) is 0 Å². The lowest BCUT2D eigenvalue weighted by Gasteiger charge is -2.20. The van der Waals surface area contributed by atoms with Crippen molar-refractivity contribution in [3.05, 3.63) is 34.6 Å². The molecule has 0 bridgehead atoms. The van der Waals surface area contributed by atoms with Gasteiger partial charge in [0.2, 0.25) is 0 Å². The lowest BCUT2D eigenvalue weighted by molar-refractivity contribution is -0.140. The third-order valence-corrected chi connectivity index (χ3v) is 3.25. The van der Waals surface area contributed by atoms with Gasteiger partial charge in [0.1, 0.15) is 11.9 Å². The van der Waals surface area contributed by atoms with E-state index in [1.165, 1.54) is 6.07 Å². The third-order valence-electron chi connectivity index (χ3n) is 2.94. The Hall–Kier alpha value is -1.62. The predicted octanol–water partition coefficient (Wildman–Crippen LogP) is 2.71. The van der Waals surface area contributed by atoms with Crippen molar-refractivity contribution in [1.29, 1.82) is 0 Å². The van der Waals surface area contributed by atoms with Gasteiger partial charge < -0.3 is 10.4 Å². The number of halogens is 2. The molecule has 0 heterocycles. The smallest absolute Gasteiger partial charge is 0.326 e. The van der Waals surface area contributed by atoms with Crippen molar-refractivity contribution in [2.75, 3.05) is 0 Å². The molecule has 0 spiro atoms. The van der Waals surface area contributed by atoms with E-state index in [9.17, 15) is 14.0 Å². The number of aliphatic carboxylic acids is 1. The molecule has 2 atom stereocenters. The molecule has 4 nitrogen and oxygen atoms in total. The number of carboxylic acid groups (broad SMARTS) is 1. The van der Waals surface area contributed by atoms with Gasteiger partial charge in [0.25, 0.3) is 5.91 Å². The summed E-state index contributed by atoms with van der Waals surface area (Å²) >= 11 is 5.75. The fraction of sp³-hybridized carbons (Fsp3) is 0.385. The van der Waals surface area contributed by atoms with Crippen LogP contribution in [0.25, 0.3) is 0 Å². The van der Waals surface area contributed by atoms with Gasteiger partial charge >= 0.3 is 5.97 Å². The molecule has 0 aliphatic carbocycles. The number of amides is 1. The molecule has 2 N–H and O–H groups in total. The molecule has 0 aliphatic rings. The van der Waals surface area contributed by atoms with Crippen molar-refractivity contribution >= 4 is 23.5 Å². The number of carboxylic acids is 1. The van der Waals surface area contributed by atoms with Crippen LogP contribution < -0.4 is 5.32 Å². The van der Waals surface area contributed by atoms with Crippen LogP contribution in [0.3, 0.4) is 0 Å². The Kier molecular flexibility index (Phi) is 5.30. The van der Waals surface area contributed by atoms with Crippen molar-refractivity contribution in [2.45, 2.75) is 26.3 Å². The summed E-state index contributed by atoms with van der Waals surface area (Å²) in [6.07, 6.45) is 0.606. The van der Waals surface area contributed by atoms with Crippen molar-refractivity contribution < 1.29 is 19.1 Å². The molecule has 1 aromatic rings. The van der Waals surface area contributed by atoms with Crippen LogP contribution in [0.15, 0.2) is 18.2 Å². The minimum Gasteiger partial charge on any atom is -0.480 e. The van der Waals surface area contributed by atoms with E-state index in [1.807, 2.05) is 6.92 Å². The first-order valence-corrected chi connectivity index (χ1v) is 6.23. The summed E-state index contributed by atoms with van der Waals surface area (Å²) in [5.74, 6) is -2.52. The van der Waals surface area contributed by atoms with Gasteiger partial charge in [-0.1, -0.05) is 31.9 Å². The van der Waals surface area contributed by atoms with E-state index >= 15 is 0 Å². The first-order valence-electron chi connectivity index (χ1n) is 5.85. The van der Waals surface area contributed by atoms with Gasteiger partial charge in [-0.3, -0.25) is 4.79 Å². The lowest BCUT2D eigenvalue weighted by atomic mass is 9.99. The molecular formula is C13H15ClFNO3. The van der Waals surface area contributed by atoms with Crippen molar-refractivity contribution in [3.63, 3.8) is 0 Å². The molecule has 0 aliphatic heterocycles. The molecule has 1 aromatic carbocycles. The van der Waals surface area contributed by atoms with E-state index in [1.54, 1.807) is 6.92 Å². The highest BCUT2D eigenvalue weighted by atomic mass is 35.5. The van der Waals surface area contributed by atoms with Crippen LogP contribution in [-0.4, -0.2) is 23.0 Å². The lowest BCUT2D eigenvalue weighted by Crippen LogP contribution is -2.45. The van der Waals surface area contributed by atoms with Crippen LogP contribution in [0.2, 0.25) is 5.02 Å². The average molecular weight is 288 g/mol. The number of carbonyl (C=O) groups is 2. The van der Waals surface area contributed by atoms with Crippen LogP contribution in [0, 0.1) is 11.7 Å². The van der Waals surface area contributed by atoms with Gasteiger partial charge in [0.15, 0.2) is 0 Å². The zero-order valence-corrected chi connectivity index (χ0v) is 11.4. The average Bonchev–Trinajstić information content (AvgIpc) is 2.34. The molecule has 0 saturated heterocycles. The molecule has 1 rings (SSSR count). The van der Waals surface area contributed by atoms with Crippen molar-refractivity contribution in [2.24, 2.45) is 5.92 Å². The van der Waals surface area contributed by atoms with E-state index in [0.717, 1.165) is 12.1 Å². The van der Waals surface area contributed by atoms with E-state index in [2.05, 4.69) is 5.32 Å². The Morgan fingerprint density at radius 2 is 2.11 bits per heavy atom. The number of carbonyl (C=O) groups excluding carboxylic acids is 1. The SMILES string of the molecule is CCC(C)C(NC(=O)c1ccc(F)cc1Cl)C(=O)O. The summed E-state index contributed by atoms with van der Waals surface area (Å²) < 4.78 is 12.9. The van der Waals surface area contributed by atoms with Gasteiger partial charge in [-0.05, 0) is 24.1 Å². The Bertz CT molecular complexity index is 493. The number of hydrogen-bond donors (Lipinski definition) is 2. The number of nitrogens with one attached hydrogen (secondary N) is 1. The zero-order valence-electron chi connectivity index (χ0n) is 10.6. The summed E-state index contributed by atoms with van der Waals surface area (Å²) in [6.45, 7) is 3.56. The molecule has 2 unspecified atom stereocenters. The van der Waals surface area contributed by atoms with Gasteiger partial charge in [-0.15, -0.1) is 0 Å². The fourth-order valence-electron chi connectivity index (χ4n) is 1.58. The Labute approximate surface area is 115 Å². The Balaban J connectivity index is 2.91. The first kappa shape index (κ1) is 15.4. The van der Waals surface area contributed by atoms with Crippen LogP contribution >= 0.6 is 11.6 Å². The molecule has 0 radical (unpaired) electrons. The van der Waals surface area contributed by atoms with Gasteiger partial charge in [0.05, 0.1) is 10.6 Å². The van der Waals surface area contributed by atoms with E-state index in [-0.39, 0.29) is 16.5 Å². The third kappa shape index (κ3) is 3.92. The summed E-state index contributed by atoms with van der Waals surface area (Å²) in [6, 6.07) is 2.33. The van der Waals surface area contributed by atoms with Gasteiger partial charge in [0, 0.05) is 0 Å². The molecule has 6 heteroatoms. The second kappa shape index (κ2) is 6.52. The monoisotopic (exact) mass is 287 g/mol. The second-order valence-corrected chi connectivity index (χ2v) is 4.71. The minimum absolute atomic E-state index is 0.0502.